The Morgan fingerprint density at radius 3 is 2.00 bits per heavy atom. The molecule has 0 fully saturated rings. The molecule has 0 unspecified atom stereocenters. The van der Waals surface area contributed by atoms with Crippen molar-refractivity contribution in [2.24, 2.45) is 14.1 Å². The molecule has 2 aromatic heterocycles. The molecule has 2 rings (SSSR count). The number of nitro groups is 1. The standard InChI is InChI=1S/C5H4N4O2.C5H6N4/c1-6-5-4(9(10)11)3-8(2)7-5;1-7-5-4(6)3-9(2)8-5/h3H,2H3;3H,6H2,2H3. The maximum absolute atomic E-state index is 10.2. The number of aryl methyl sites for hydroxylation is 2. The van der Waals surface area contributed by atoms with Crippen LogP contribution in [0.3, 0.4) is 0 Å². The summed E-state index contributed by atoms with van der Waals surface area (Å²) in [7, 11) is 3.26. The third kappa shape index (κ3) is 3.30. The van der Waals surface area contributed by atoms with Crippen LogP contribution in [0, 0.1) is 23.3 Å². The number of hydrogen-bond donors (Lipinski definition) is 1. The molecule has 0 saturated heterocycles. The van der Waals surface area contributed by atoms with Gasteiger partial charge in [-0.1, -0.05) is 13.1 Å². The molecule has 0 aliphatic carbocycles. The molecule has 0 saturated carbocycles. The highest BCUT2D eigenvalue weighted by atomic mass is 16.6. The van der Waals surface area contributed by atoms with Crippen molar-refractivity contribution < 1.29 is 4.92 Å². The Balaban J connectivity index is 0.000000204. The van der Waals surface area contributed by atoms with Crippen LogP contribution in [0.25, 0.3) is 9.69 Å². The molecule has 0 aliphatic rings. The van der Waals surface area contributed by atoms with Gasteiger partial charge in [-0.2, -0.15) is 4.68 Å². The summed E-state index contributed by atoms with van der Waals surface area (Å²) in [6.45, 7) is 13.1. The second-order valence-electron chi connectivity index (χ2n) is 3.57. The number of hydrogen-bond acceptors (Lipinski definition) is 5. The molecule has 20 heavy (non-hydrogen) atoms. The Hall–Kier alpha value is -3.40. The minimum absolute atomic E-state index is 0.169. The summed E-state index contributed by atoms with van der Waals surface area (Å²) in [4.78, 5) is 15.6. The Labute approximate surface area is 113 Å². The summed E-state index contributed by atoms with van der Waals surface area (Å²) in [5.41, 5.74) is 5.54. The number of nitrogens with two attached hydrogens (primary N) is 1. The van der Waals surface area contributed by atoms with Gasteiger partial charge in [0.05, 0.1) is 16.8 Å². The van der Waals surface area contributed by atoms with Crippen LogP contribution in [-0.4, -0.2) is 24.5 Å². The van der Waals surface area contributed by atoms with Crippen LogP contribution >= 0.6 is 0 Å². The lowest BCUT2D eigenvalue weighted by Crippen LogP contribution is -1.86. The van der Waals surface area contributed by atoms with Gasteiger partial charge in [0, 0.05) is 14.1 Å². The van der Waals surface area contributed by atoms with E-state index in [1.165, 1.54) is 22.6 Å². The van der Waals surface area contributed by atoms with Gasteiger partial charge in [-0.15, -0.1) is 0 Å². The fourth-order valence-corrected chi connectivity index (χ4v) is 1.25. The maximum atomic E-state index is 10.2. The van der Waals surface area contributed by atoms with Crippen molar-refractivity contribution in [1.29, 1.82) is 0 Å². The Morgan fingerprint density at radius 2 is 1.70 bits per heavy atom. The zero-order valence-corrected chi connectivity index (χ0v) is 10.7. The number of rotatable bonds is 1. The molecule has 0 aromatic carbocycles. The number of anilines is 1. The average molecular weight is 274 g/mol. The van der Waals surface area contributed by atoms with Crippen molar-refractivity contribution in [2.45, 2.75) is 0 Å². The van der Waals surface area contributed by atoms with Crippen LogP contribution in [-0.2, 0) is 14.1 Å². The minimum Gasteiger partial charge on any atom is -0.404 e. The van der Waals surface area contributed by atoms with E-state index in [4.69, 9.17) is 18.9 Å². The Morgan fingerprint density at radius 1 is 1.20 bits per heavy atom. The number of nitrogens with zero attached hydrogens (tertiary/aromatic N) is 7. The van der Waals surface area contributed by atoms with Crippen LogP contribution < -0.4 is 5.73 Å². The molecule has 10 nitrogen and oxygen atoms in total. The predicted molar refractivity (Wildman–Crippen MR) is 70.0 cm³/mol. The highest BCUT2D eigenvalue weighted by Gasteiger charge is 2.18. The Bertz CT molecular complexity index is 715. The van der Waals surface area contributed by atoms with Crippen LogP contribution in [0.1, 0.15) is 0 Å². The summed E-state index contributed by atoms with van der Waals surface area (Å²) in [6.07, 6.45) is 2.81. The van der Waals surface area contributed by atoms with E-state index >= 15 is 0 Å². The van der Waals surface area contributed by atoms with E-state index in [2.05, 4.69) is 19.9 Å². The summed E-state index contributed by atoms with van der Waals surface area (Å²) in [6, 6.07) is 0. The van der Waals surface area contributed by atoms with Crippen molar-refractivity contribution >= 4 is 23.0 Å². The molecule has 2 aromatic rings. The quantitative estimate of drug-likeness (QED) is 0.480. The van der Waals surface area contributed by atoms with Crippen LogP contribution in [0.5, 0.6) is 0 Å². The molecular formula is C10H10N8O2. The molecule has 2 N–H and O–H groups in total. The number of nitrogen functional groups attached to an aromatic ring is 1. The van der Waals surface area contributed by atoms with Crippen molar-refractivity contribution in [2.75, 3.05) is 5.73 Å². The first-order chi connectivity index (χ1) is 9.38. The summed E-state index contributed by atoms with van der Waals surface area (Å²) >= 11 is 0. The van der Waals surface area contributed by atoms with E-state index in [1.807, 2.05) is 0 Å². The lowest BCUT2D eigenvalue weighted by molar-refractivity contribution is -0.383. The van der Waals surface area contributed by atoms with Gasteiger partial charge in [0.2, 0.25) is 0 Å². The van der Waals surface area contributed by atoms with Gasteiger partial charge in [-0.3, -0.25) is 10.1 Å². The fraction of sp³-hybridized carbons (Fsp3) is 0.200. The topological polar surface area (TPSA) is 114 Å². The normalized spacial score (nSPS) is 9.00. The molecule has 0 amide bonds. The zero-order chi connectivity index (χ0) is 15.3. The maximum Gasteiger partial charge on any atom is 0.372 e. The molecule has 0 aliphatic heterocycles. The van der Waals surface area contributed by atoms with Crippen molar-refractivity contribution in [3.05, 3.63) is 45.3 Å². The summed E-state index contributed by atoms with van der Waals surface area (Å²) in [5.74, 6) is 0.106. The third-order valence-electron chi connectivity index (χ3n) is 2.04. The molecule has 10 heteroatoms. The Kier molecular flexibility index (Phi) is 4.38. The van der Waals surface area contributed by atoms with Gasteiger partial charge >= 0.3 is 17.3 Å². The van der Waals surface area contributed by atoms with Crippen molar-refractivity contribution in [1.82, 2.24) is 19.6 Å². The first kappa shape index (κ1) is 14.7. The van der Waals surface area contributed by atoms with Crippen molar-refractivity contribution in [3.8, 4) is 0 Å². The fourth-order valence-electron chi connectivity index (χ4n) is 1.25. The van der Waals surface area contributed by atoms with E-state index in [0.717, 1.165) is 0 Å². The SMILES string of the molecule is [C-]#[N+]c1nn(C)cc1N.[C-]#[N+]c1nn(C)cc1[N+](=O)[O-]. The monoisotopic (exact) mass is 274 g/mol. The largest absolute Gasteiger partial charge is 0.404 e. The summed E-state index contributed by atoms with van der Waals surface area (Å²) in [5, 5.41) is 17.5. The second-order valence-corrected chi connectivity index (χ2v) is 3.57. The minimum atomic E-state index is -0.625. The molecule has 102 valence electrons. The van der Waals surface area contributed by atoms with E-state index < -0.39 is 4.92 Å². The van der Waals surface area contributed by atoms with Gasteiger partial charge in [-0.05, 0) is 10.2 Å². The van der Waals surface area contributed by atoms with Gasteiger partial charge in [-0.25, -0.2) is 4.68 Å². The van der Waals surface area contributed by atoms with E-state index in [-0.39, 0.29) is 17.3 Å². The zero-order valence-electron chi connectivity index (χ0n) is 10.7. The van der Waals surface area contributed by atoms with Crippen LogP contribution in [0.2, 0.25) is 0 Å². The van der Waals surface area contributed by atoms with Gasteiger partial charge < -0.3 is 15.4 Å². The molecule has 0 spiro atoms. The highest BCUT2D eigenvalue weighted by molar-refractivity contribution is 5.60. The molecular weight excluding hydrogens is 264 g/mol. The average Bonchev–Trinajstić information content (AvgIpc) is 2.92. The van der Waals surface area contributed by atoms with Crippen LogP contribution in [0.4, 0.5) is 23.0 Å². The smallest absolute Gasteiger partial charge is 0.372 e. The van der Waals surface area contributed by atoms with Crippen LogP contribution in [0.15, 0.2) is 12.4 Å². The van der Waals surface area contributed by atoms with E-state index in [1.54, 1.807) is 13.2 Å². The summed E-state index contributed by atoms with van der Waals surface area (Å²) < 4.78 is 2.76. The first-order valence-corrected chi connectivity index (χ1v) is 5.11. The second kappa shape index (κ2) is 5.97. The van der Waals surface area contributed by atoms with Gasteiger partial charge in [0.1, 0.15) is 6.20 Å². The number of aromatic nitrogens is 4. The lowest BCUT2D eigenvalue weighted by Gasteiger charge is -1.81. The molecule has 2 heterocycles. The van der Waals surface area contributed by atoms with E-state index in [9.17, 15) is 10.1 Å². The highest BCUT2D eigenvalue weighted by Crippen LogP contribution is 2.23. The third-order valence-corrected chi connectivity index (χ3v) is 2.04. The van der Waals surface area contributed by atoms with Gasteiger partial charge in [0.25, 0.3) is 0 Å². The lowest BCUT2D eigenvalue weighted by atomic mass is 10.5. The molecule has 0 radical (unpaired) electrons. The van der Waals surface area contributed by atoms with E-state index in [0.29, 0.717) is 5.69 Å². The molecule has 0 bridgehead atoms. The molecule has 0 atom stereocenters. The predicted octanol–water partition coefficient (Wildman–Crippen LogP) is 1.43. The van der Waals surface area contributed by atoms with Gasteiger partial charge in [0.15, 0.2) is 0 Å². The first-order valence-electron chi connectivity index (χ1n) is 5.11. The van der Waals surface area contributed by atoms with Crippen molar-refractivity contribution in [3.63, 3.8) is 0 Å².